The number of para-hydroxylation sites is 1. The van der Waals surface area contributed by atoms with E-state index in [-0.39, 0.29) is 16.3 Å². The number of fused-ring (bicyclic) bond motifs is 1. The lowest BCUT2D eigenvalue weighted by Gasteiger charge is -2.09. The lowest BCUT2D eigenvalue weighted by Crippen LogP contribution is -2.21. The molecule has 4 rings (SSSR count). The van der Waals surface area contributed by atoms with Crippen molar-refractivity contribution in [1.82, 2.24) is 9.97 Å². The van der Waals surface area contributed by atoms with Crippen LogP contribution in [0.2, 0.25) is 0 Å². The van der Waals surface area contributed by atoms with E-state index in [0.717, 1.165) is 0 Å². The number of hydrogen-bond acceptors (Lipinski definition) is 8. The van der Waals surface area contributed by atoms with Gasteiger partial charge in [0.2, 0.25) is 0 Å². The summed E-state index contributed by atoms with van der Waals surface area (Å²) in [5.41, 5.74) is 1.28. The Bertz CT molecular complexity index is 1370. The van der Waals surface area contributed by atoms with Gasteiger partial charge in [-0.3, -0.25) is 9.52 Å². The van der Waals surface area contributed by atoms with Crippen molar-refractivity contribution in [2.75, 3.05) is 16.6 Å². The second-order valence-electron chi connectivity index (χ2n) is 6.47. The van der Waals surface area contributed by atoms with Crippen molar-refractivity contribution in [2.24, 2.45) is 0 Å². The Morgan fingerprint density at radius 1 is 0.969 bits per heavy atom. The molecular formula is C21H16N4O6S. The largest absolute Gasteiger partial charge is 0.452 e. The Labute approximate surface area is 182 Å². The molecule has 0 saturated heterocycles. The molecule has 162 valence electrons. The highest BCUT2D eigenvalue weighted by atomic mass is 32.2. The van der Waals surface area contributed by atoms with Gasteiger partial charge in [0.15, 0.2) is 18.6 Å². The molecule has 0 aliphatic carbocycles. The van der Waals surface area contributed by atoms with Crippen molar-refractivity contribution in [3.05, 3.63) is 78.8 Å². The number of oxazole rings is 1. The first-order valence-electron chi connectivity index (χ1n) is 9.25. The van der Waals surface area contributed by atoms with Crippen molar-refractivity contribution in [3.8, 4) is 0 Å². The van der Waals surface area contributed by atoms with Crippen LogP contribution in [-0.2, 0) is 19.6 Å². The Morgan fingerprint density at radius 2 is 1.78 bits per heavy atom. The molecule has 2 heterocycles. The Hall–Kier alpha value is -4.25. The van der Waals surface area contributed by atoms with Crippen molar-refractivity contribution >= 4 is 44.5 Å². The molecule has 0 spiro atoms. The topological polar surface area (TPSA) is 140 Å². The zero-order valence-corrected chi connectivity index (χ0v) is 17.2. The number of hydrogen-bond donors (Lipinski definition) is 2. The van der Waals surface area contributed by atoms with Gasteiger partial charge in [0, 0.05) is 11.9 Å². The number of nitrogens with zero attached hydrogens (tertiary/aromatic N) is 2. The van der Waals surface area contributed by atoms with Crippen LogP contribution in [0.3, 0.4) is 0 Å². The number of aromatic nitrogens is 2. The number of esters is 1. The van der Waals surface area contributed by atoms with E-state index < -0.39 is 28.5 Å². The summed E-state index contributed by atoms with van der Waals surface area (Å²) < 4.78 is 37.4. The van der Waals surface area contributed by atoms with Crippen molar-refractivity contribution in [2.45, 2.75) is 4.90 Å². The monoisotopic (exact) mass is 452 g/mol. The van der Waals surface area contributed by atoms with E-state index in [0.29, 0.717) is 16.8 Å². The first-order chi connectivity index (χ1) is 15.4. The molecule has 2 aromatic heterocycles. The summed E-state index contributed by atoms with van der Waals surface area (Å²) in [6, 6.07) is 15.1. The fraction of sp³-hybridized carbons (Fsp3) is 0.0476. The van der Waals surface area contributed by atoms with Gasteiger partial charge in [-0.2, -0.15) is 0 Å². The normalized spacial score (nSPS) is 11.1. The Morgan fingerprint density at radius 3 is 2.53 bits per heavy atom. The van der Waals surface area contributed by atoms with Crippen molar-refractivity contribution < 1.29 is 27.2 Å². The van der Waals surface area contributed by atoms with Crippen LogP contribution in [0.1, 0.15) is 10.4 Å². The molecule has 32 heavy (non-hydrogen) atoms. The molecule has 0 saturated carbocycles. The Kier molecular flexibility index (Phi) is 5.81. The molecule has 0 unspecified atom stereocenters. The number of ether oxygens (including phenoxy) is 1. The number of benzene rings is 2. The molecule has 0 bridgehead atoms. The highest BCUT2D eigenvalue weighted by Gasteiger charge is 2.17. The third-order valence-electron chi connectivity index (χ3n) is 4.27. The van der Waals surface area contributed by atoms with E-state index in [1.165, 1.54) is 49.0 Å². The maximum absolute atomic E-state index is 12.4. The Balaban J connectivity index is 1.34. The standard InChI is InChI=1S/C21H16N4O6S/c26-19(12-30-21(27)16-4-3-5-17-20(16)23-13-31-17)24-14-7-9-15(10-8-14)32(28,29)25-18-6-1-2-11-22-18/h1-11,13H,12H2,(H,22,25)(H,24,26). The number of sulfonamides is 1. The molecule has 1 amide bonds. The van der Waals surface area contributed by atoms with Gasteiger partial charge < -0.3 is 14.5 Å². The maximum Gasteiger partial charge on any atom is 0.340 e. The van der Waals surface area contributed by atoms with E-state index in [1.807, 2.05) is 0 Å². The van der Waals surface area contributed by atoms with Crippen LogP contribution >= 0.6 is 0 Å². The quantitative estimate of drug-likeness (QED) is 0.408. The number of amides is 1. The van der Waals surface area contributed by atoms with Crippen molar-refractivity contribution in [3.63, 3.8) is 0 Å². The predicted octanol–water partition coefficient (Wildman–Crippen LogP) is 2.82. The summed E-state index contributed by atoms with van der Waals surface area (Å²) in [6.07, 6.45) is 2.68. The maximum atomic E-state index is 12.4. The fourth-order valence-corrected chi connectivity index (χ4v) is 3.80. The van der Waals surface area contributed by atoms with Crippen LogP contribution in [0.15, 0.2) is 82.6 Å². The number of carbonyl (C=O) groups is 2. The minimum atomic E-state index is -3.83. The van der Waals surface area contributed by atoms with Gasteiger partial charge in [-0.25, -0.2) is 23.2 Å². The van der Waals surface area contributed by atoms with Gasteiger partial charge in [-0.1, -0.05) is 12.1 Å². The summed E-state index contributed by atoms with van der Waals surface area (Å²) in [4.78, 5) is 32.3. The van der Waals surface area contributed by atoms with E-state index in [1.54, 1.807) is 24.3 Å². The molecule has 0 aliphatic heterocycles. The molecule has 2 aromatic carbocycles. The van der Waals surface area contributed by atoms with E-state index in [9.17, 15) is 18.0 Å². The van der Waals surface area contributed by atoms with Crippen LogP contribution in [0.4, 0.5) is 11.5 Å². The van der Waals surface area contributed by atoms with Gasteiger partial charge in [-0.15, -0.1) is 0 Å². The molecule has 2 N–H and O–H groups in total. The average molecular weight is 452 g/mol. The second kappa shape index (κ2) is 8.86. The molecular weight excluding hydrogens is 436 g/mol. The van der Waals surface area contributed by atoms with Crippen LogP contribution in [0.25, 0.3) is 11.1 Å². The first-order valence-corrected chi connectivity index (χ1v) is 10.7. The highest BCUT2D eigenvalue weighted by molar-refractivity contribution is 7.92. The molecule has 0 aliphatic rings. The van der Waals surface area contributed by atoms with E-state index >= 15 is 0 Å². The molecule has 4 aromatic rings. The molecule has 0 fully saturated rings. The molecule has 0 radical (unpaired) electrons. The van der Waals surface area contributed by atoms with Crippen LogP contribution in [0, 0.1) is 0 Å². The highest BCUT2D eigenvalue weighted by Crippen LogP contribution is 2.19. The van der Waals surface area contributed by atoms with Gasteiger partial charge in [0.05, 0.1) is 10.5 Å². The number of rotatable bonds is 7. The number of pyridine rings is 1. The van der Waals surface area contributed by atoms with Crippen molar-refractivity contribution in [1.29, 1.82) is 0 Å². The minimum absolute atomic E-state index is 0.00622. The number of carbonyl (C=O) groups excluding carboxylic acids is 2. The lowest BCUT2D eigenvalue weighted by atomic mass is 10.2. The number of anilines is 2. The third-order valence-corrected chi connectivity index (χ3v) is 5.64. The van der Waals surface area contributed by atoms with E-state index in [4.69, 9.17) is 9.15 Å². The van der Waals surface area contributed by atoms with Gasteiger partial charge in [0.25, 0.3) is 15.9 Å². The van der Waals surface area contributed by atoms with E-state index in [2.05, 4.69) is 20.0 Å². The first kappa shape index (κ1) is 21.0. The molecule has 10 nitrogen and oxygen atoms in total. The van der Waals surface area contributed by atoms with Gasteiger partial charge in [-0.05, 0) is 48.5 Å². The second-order valence-corrected chi connectivity index (χ2v) is 8.16. The minimum Gasteiger partial charge on any atom is -0.452 e. The summed E-state index contributed by atoms with van der Waals surface area (Å²) in [5.74, 6) is -1.12. The summed E-state index contributed by atoms with van der Waals surface area (Å²) in [7, 11) is -3.83. The summed E-state index contributed by atoms with van der Waals surface area (Å²) in [5, 5.41) is 2.53. The average Bonchev–Trinajstić information content (AvgIpc) is 3.27. The fourth-order valence-electron chi connectivity index (χ4n) is 2.79. The van der Waals surface area contributed by atoms with Gasteiger partial charge in [0.1, 0.15) is 11.3 Å². The lowest BCUT2D eigenvalue weighted by molar-refractivity contribution is -0.119. The SMILES string of the molecule is O=C(COC(=O)c1cccc2ocnc12)Nc1ccc(S(=O)(=O)Nc2ccccn2)cc1. The predicted molar refractivity (Wildman–Crippen MR) is 114 cm³/mol. The van der Waals surface area contributed by atoms with Crippen LogP contribution in [0.5, 0.6) is 0 Å². The zero-order valence-electron chi connectivity index (χ0n) is 16.4. The smallest absolute Gasteiger partial charge is 0.340 e. The molecule has 11 heteroatoms. The number of nitrogens with one attached hydrogen (secondary N) is 2. The zero-order chi connectivity index (χ0) is 22.6. The van der Waals surface area contributed by atoms with Crippen LogP contribution in [-0.4, -0.2) is 36.9 Å². The summed E-state index contributed by atoms with van der Waals surface area (Å²) >= 11 is 0. The summed E-state index contributed by atoms with van der Waals surface area (Å²) in [6.45, 7) is -0.533. The molecule has 0 atom stereocenters. The van der Waals surface area contributed by atoms with Gasteiger partial charge >= 0.3 is 5.97 Å². The third kappa shape index (κ3) is 4.73. The van der Waals surface area contributed by atoms with Crippen LogP contribution < -0.4 is 10.0 Å².